The van der Waals surface area contributed by atoms with Gasteiger partial charge < -0.3 is 10.4 Å². The molecule has 3 rings (SSSR count). The molecule has 0 unspecified atom stereocenters. The maximum atomic E-state index is 10.9. The molecule has 0 saturated heterocycles. The maximum absolute atomic E-state index is 10.9. The highest BCUT2D eigenvalue weighted by atomic mass is 16.4. The van der Waals surface area contributed by atoms with E-state index in [9.17, 15) is 4.79 Å². The van der Waals surface area contributed by atoms with Crippen LogP contribution >= 0.6 is 0 Å². The van der Waals surface area contributed by atoms with Gasteiger partial charge in [-0.25, -0.2) is 4.98 Å². The zero-order valence-corrected chi connectivity index (χ0v) is 13.7. The number of anilines is 1. The minimum atomic E-state index is -0.768. The van der Waals surface area contributed by atoms with Crippen molar-refractivity contribution in [3.8, 4) is 11.3 Å². The lowest BCUT2D eigenvalue weighted by Gasteiger charge is -2.42. The average molecular weight is 326 g/mol. The van der Waals surface area contributed by atoms with Crippen LogP contribution < -0.4 is 5.32 Å². The molecule has 1 fully saturated rings. The van der Waals surface area contributed by atoms with E-state index >= 15 is 0 Å². The number of rotatable bonds is 7. The lowest BCUT2D eigenvalue weighted by atomic mass is 9.85. The Morgan fingerprint density at radius 3 is 2.58 bits per heavy atom. The minimum Gasteiger partial charge on any atom is -0.480 e. The third-order valence-corrected chi connectivity index (χ3v) is 4.45. The van der Waals surface area contributed by atoms with Gasteiger partial charge in [0.2, 0.25) is 0 Å². The molecule has 1 aliphatic rings. The van der Waals surface area contributed by atoms with Gasteiger partial charge in [-0.2, -0.15) is 0 Å². The second-order valence-corrected chi connectivity index (χ2v) is 6.08. The molecule has 0 atom stereocenters. The highest BCUT2D eigenvalue weighted by Crippen LogP contribution is 2.28. The van der Waals surface area contributed by atoms with Crippen molar-refractivity contribution in [2.45, 2.75) is 31.8 Å². The first-order valence-electron chi connectivity index (χ1n) is 8.25. The van der Waals surface area contributed by atoms with E-state index in [1.165, 1.54) is 0 Å². The summed E-state index contributed by atoms with van der Waals surface area (Å²) in [5.74, 6) is -0.00459. The molecular weight excluding hydrogens is 304 g/mol. The number of aliphatic carboxylic acids is 1. The van der Waals surface area contributed by atoms with Crippen molar-refractivity contribution in [1.29, 1.82) is 0 Å². The molecule has 0 radical (unpaired) electrons. The summed E-state index contributed by atoms with van der Waals surface area (Å²) in [7, 11) is 0. The zero-order chi connectivity index (χ0) is 16.9. The fourth-order valence-electron chi connectivity index (χ4n) is 3.05. The number of nitrogens with one attached hydrogen (secondary N) is 1. The summed E-state index contributed by atoms with van der Waals surface area (Å²) in [4.78, 5) is 21.8. The van der Waals surface area contributed by atoms with Crippen molar-refractivity contribution >= 4 is 11.8 Å². The molecule has 1 aromatic carbocycles. The summed E-state index contributed by atoms with van der Waals surface area (Å²) in [5.41, 5.74) is 1.90. The monoisotopic (exact) mass is 326 g/mol. The van der Waals surface area contributed by atoms with Crippen LogP contribution in [-0.2, 0) is 4.79 Å². The highest BCUT2D eigenvalue weighted by molar-refractivity contribution is 5.69. The number of benzene rings is 1. The number of carbonyl (C=O) groups is 1. The van der Waals surface area contributed by atoms with Crippen LogP contribution in [0.4, 0.5) is 5.82 Å². The number of likely N-dealkylation sites (N-methyl/N-ethyl adjacent to an activating group) is 1. The van der Waals surface area contributed by atoms with Gasteiger partial charge in [0.25, 0.3) is 0 Å². The molecule has 0 aliphatic heterocycles. The van der Waals surface area contributed by atoms with Gasteiger partial charge in [0.15, 0.2) is 0 Å². The Labute approximate surface area is 141 Å². The summed E-state index contributed by atoms with van der Waals surface area (Å²) in [6, 6.07) is 10.6. The molecule has 1 aromatic heterocycles. The molecular formula is C18H22N4O2. The average Bonchev–Trinajstić information content (AvgIpc) is 2.57. The fourth-order valence-corrected chi connectivity index (χ4v) is 3.05. The molecule has 2 aromatic rings. The number of hydrogen-bond donors (Lipinski definition) is 2. The van der Waals surface area contributed by atoms with Gasteiger partial charge in [-0.3, -0.25) is 14.7 Å². The topological polar surface area (TPSA) is 78.4 Å². The molecule has 24 heavy (non-hydrogen) atoms. The summed E-state index contributed by atoms with van der Waals surface area (Å²) in [6.45, 7) is 2.87. The third-order valence-electron chi connectivity index (χ3n) is 4.45. The molecule has 2 N–H and O–H groups in total. The number of carboxylic acids is 1. The normalized spacial score (nSPS) is 19.8. The van der Waals surface area contributed by atoms with E-state index in [4.69, 9.17) is 5.11 Å². The van der Waals surface area contributed by atoms with Gasteiger partial charge in [-0.05, 0) is 19.4 Å². The van der Waals surface area contributed by atoms with Gasteiger partial charge in [0.1, 0.15) is 5.82 Å². The standard InChI is InChI=1S/C18H22N4O2/c1-2-22(12-18(23)24)15-8-14(9-15)21-17-11-19-16(10-20-17)13-6-4-3-5-7-13/h3-7,10-11,14-15H,2,8-9,12H2,1H3,(H,20,21)(H,23,24). The van der Waals surface area contributed by atoms with Crippen molar-refractivity contribution < 1.29 is 9.90 Å². The summed E-state index contributed by atoms with van der Waals surface area (Å²) in [6.07, 6.45) is 5.40. The van der Waals surface area contributed by atoms with Crippen molar-refractivity contribution in [2.75, 3.05) is 18.4 Å². The molecule has 126 valence electrons. The van der Waals surface area contributed by atoms with Crippen LogP contribution in [0.25, 0.3) is 11.3 Å². The molecule has 6 nitrogen and oxygen atoms in total. The molecule has 0 spiro atoms. The summed E-state index contributed by atoms with van der Waals surface area (Å²) < 4.78 is 0. The first kappa shape index (κ1) is 16.4. The van der Waals surface area contributed by atoms with Crippen LogP contribution in [0.2, 0.25) is 0 Å². The van der Waals surface area contributed by atoms with Gasteiger partial charge >= 0.3 is 5.97 Å². The molecule has 1 saturated carbocycles. The van der Waals surface area contributed by atoms with E-state index in [0.717, 1.165) is 36.5 Å². The predicted molar refractivity (Wildman–Crippen MR) is 92.8 cm³/mol. The molecule has 0 amide bonds. The first-order valence-corrected chi connectivity index (χ1v) is 8.25. The Morgan fingerprint density at radius 2 is 2.00 bits per heavy atom. The fraction of sp³-hybridized carbons (Fsp3) is 0.389. The van der Waals surface area contributed by atoms with E-state index in [-0.39, 0.29) is 6.54 Å². The third kappa shape index (κ3) is 3.89. The minimum absolute atomic E-state index is 0.111. The van der Waals surface area contributed by atoms with E-state index in [1.54, 1.807) is 12.4 Å². The van der Waals surface area contributed by atoms with Gasteiger partial charge in [-0.1, -0.05) is 37.3 Å². The van der Waals surface area contributed by atoms with Gasteiger partial charge in [0.05, 0.1) is 24.6 Å². The Hall–Kier alpha value is -2.47. The van der Waals surface area contributed by atoms with Crippen LogP contribution in [0, 0.1) is 0 Å². The van der Waals surface area contributed by atoms with Crippen LogP contribution in [-0.4, -0.2) is 51.1 Å². The lowest BCUT2D eigenvalue weighted by molar-refractivity contribution is -0.139. The molecule has 6 heteroatoms. The molecule has 1 aliphatic carbocycles. The van der Waals surface area contributed by atoms with Gasteiger partial charge in [-0.15, -0.1) is 0 Å². The summed E-state index contributed by atoms with van der Waals surface area (Å²) in [5, 5.41) is 12.3. The van der Waals surface area contributed by atoms with Crippen molar-refractivity contribution in [3.63, 3.8) is 0 Å². The van der Waals surface area contributed by atoms with E-state index in [1.807, 2.05) is 42.2 Å². The van der Waals surface area contributed by atoms with E-state index < -0.39 is 5.97 Å². The molecule has 0 bridgehead atoms. The van der Waals surface area contributed by atoms with E-state index in [2.05, 4.69) is 15.3 Å². The SMILES string of the molecule is CCN(CC(=O)O)C1CC(Nc2cnc(-c3ccccc3)cn2)C1. The first-order chi connectivity index (χ1) is 11.7. The van der Waals surface area contributed by atoms with Crippen molar-refractivity contribution in [3.05, 3.63) is 42.7 Å². The predicted octanol–water partition coefficient (Wildman–Crippen LogP) is 2.49. The number of hydrogen-bond acceptors (Lipinski definition) is 5. The second kappa shape index (κ2) is 7.40. The second-order valence-electron chi connectivity index (χ2n) is 6.08. The van der Waals surface area contributed by atoms with Crippen LogP contribution in [0.15, 0.2) is 42.7 Å². The smallest absolute Gasteiger partial charge is 0.317 e. The van der Waals surface area contributed by atoms with Crippen molar-refractivity contribution in [1.82, 2.24) is 14.9 Å². The lowest BCUT2D eigenvalue weighted by Crippen LogP contribution is -2.51. The Morgan fingerprint density at radius 1 is 1.25 bits per heavy atom. The van der Waals surface area contributed by atoms with Crippen molar-refractivity contribution in [2.24, 2.45) is 0 Å². The number of nitrogens with zero attached hydrogens (tertiary/aromatic N) is 3. The number of aromatic nitrogens is 2. The highest BCUT2D eigenvalue weighted by Gasteiger charge is 2.33. The van der Waals surface area contributed by atoms with Crippen LogP contribution in [0.3, 0.4) is 0 Å². The Balaban J connectivity index is 1.52. The maximum Gasteiger partial charge on any atom is 0.317 e. The van der Waals surface area contributed by atoms with E-state index in [0.29, 0.717) is 12.1 Å². The van der Waals surface area contributed by atoms with Crippen LogP contribution in [0.1, 0.15) is 19.8 Å². The largest absolute Gasteiger partial charge is 0.480 e. The zero-order valence-electron chi connectivity index (χ0n) is 13.7. The Bertz CT molecular complexity index is 669. The Kier molecular flexibility index (Phi) is 5.05. The molecule has 1 heterocycles. The number of carboxylic acid groups (broad SMARTS) is 1. The quantitative estimate of drug-likeness (QED) is 0.814. The van der Waals surface area contributed by atoms with Crippen LogP contribution in [0.5, 0.6) is 0 Å². The summed E-state index contributed by atoms with van der Waals surface area (Å²) >= 11 is 0. The van der Waals surface area contributed by atoms with Gasteiger partial charge in [0, 0.05) is 17.6 Å².